The molecule has 0 aromatic heterocycles. The number of fused-ring (bicyclic) bond motifs is 1. The van der Waals surface area contributed by atoms with Crippen molar-refractivity contribution in [2.75, 3.05) is 6.61 Å². The fourth-order valence-corrected chi connectivity index (χ4v) is 5.10. The molecule has 10 heteroatoms. The maximum absolute atomic E-state index is 12.9. The number of hydrogen-bond acceptors (Lipinski definition) is 5. The van der Waals surface area contributed by atoms with Crippen LogP contribution in [0.25, 0.3) is 10.8 Å². The van der Waals surface area contributed by atoms with Crippen LogP contribution in [0, 0.1) is 19.6 Å². The molecule has 1 atom stereocenters. The molecule has 1 saturated carbocycles. The quantitative estimate of drug-likeness (QED) is 0.146. The van der Waals surface area contributed by atoms with E-state index in [0.29, 0.717) is 24.2 Å². The molecule has 186 valence electrons. The summed E-state index contributed by atoms with van der Waals surface area (Å²) in [5.41, 5.74) is -0.983. The van der Waals surface area contributed by atoms with E-state index in [2.05, 4.69) is 22.6 Å². The fraction of sp³-hybridized carbons (Fsp3) is 0.542. The summed E-state index contributed by atoms with van der Waals surface area (Å²) in [5, 5.41) is 13.5. The molecule has 0 bridgehead atoms. The molecule has 0 N–H and O–H groups in total. The molecule has 0 spiro atoms. The van der Waals surface area contributed by atoms with Crippen molar-refractivity contribution in [3.8, 4) is 5.75 Å². The summed E-state index contributed by atoms with van der Waals surface area (Å²) in [6.45, 7) is 3.39. The van der Waals surface area contributed by atoms with Gasteiger partial charge in [0.05, 0.1) is 28.6 Å². The van der Waals surface area contributed by atoms with Crippen LogP contribution < -0.4 is 4.74 Å². The minimum absolute atomic E-state index is 0.00320. The Morgan fingerprint density at radius 1 is 1.18 bits per heavy atom. The first-order chi connectivity index (χ1) is 16.0. The first-order valence-corrected chi connectivity index (χ1v) is 12.3. The van der Waals surface area contributed by atoms with Gasteiger partial charge in [-0.3, -0.25) is 14.9 Å². The van der Waals surface area contributed by atoms with Crippen molar-refractivity contribution in [2.45, 2.75) is 70.2 Å². The zero-order valence-corrected chi connectivity index (χ0v) is 21.1. The number of hydrogen-bond donors (Lipinski definition) is 0. The highest BCUT2D eigenvalue weighted by Crippen LogP contribution is 2.40. The average Bonchev–Trinajstić information content (AvgIpc) is 2.79. The number of carbonyl (C=O) groups excluding carboxylic acids is 1. The normalized spacial score (nSPS) is 20.5. The summed E-state index contributed by atoms with van der Waals surface area (Å²) in [6, 6.07) is 8.75. The molecule has 0 saturated heterocycles. The Balaban J connectivity index is 1.78. The van der Waals surface area contributed by atoms with Crippen molar-refractivity contribution >= 4 is 39.3 Å². The number of carbonyl (C=O) groups is 1. The van der Waals surface area contributed by atoms with Crippen LogP contribution in [-0.2, 0) is 15.1 Å². The van der Waals surface area contributed by atoms with Crippen molar-refractivity contribution in [1.82, 2.24) is 0 Å². The summed E-state index contributed by atoms with van der Waals surface area (Å²) >= 11 is 2.13. The lowest BCUT2D eigenvalue weighted by Crippen LogP contribution is -2.32. The van der Waals surface area contributed by atoms with Gasteiger partial charge in [0.15, 0.2) is 0 Å². The van der Waals surface area contributed by atoms with Crippen LogP contribution in [0.1, 0.15) is 57.9 Å². The molecular weight excluding hydrogens is 566 g/mol. The van der Waals surface area contributed by atoms with Crippen molar-refractivity contribution in [3.05, 3.63) is 49.6 Å². The topological polar surface area (TPSA) is 78.7 Å². The van der Waals surface area contributed by atoms with E-state index >= 15 is 0 Å². The number of esters is 1. The zero-order valence-electron chi connectivity index (χ0n) is 19.0. The van der Waals surface area contributed by atoms with Gasteiger partial charge in [-0.25, -0.2) is 0 Å². The predicted octanol–water partition coefficient (Wildman–Crippen LogP) is 6.78. The molecule has 1 unspecified atom stereocenters. The number of nitro groups is 1. The second kappa shape index (κ2) is 10.7. The lowest BCUT2D eigenvalue weighted by molar-refractivity contribution is -0.575. The molecule has 1 fully saturated rings. The van der Waals surface area contributed by atoms with Gasteiger partial charge in [-0.1, -0.05) is 18.2 Å². The Labute approximate surface area is 209 Å². The number of alkyl halides is 3. The van der Waals surface area contributed by atoms with Crippen LogP contribution in [0.3, 0.4) is 0 Å². The van der Waals surface area contributed by atoms with Crippen LogP contribution in [-0.4, -0.2) is 29.8 Å². The molecule has 1 aliphatic carbocycles. The molecule has 0 heterocycles. The molecule has 6 nitrogen and oxygen atoms in total. The van der Waals surface area contributed by atoms with Crippen molar-refractivity contribution in [3.63, 3.8) is 0 Å². The highest BCUT2D eigenvalue weighted by Gasteiger charge is 2.42. The van der Waals surface area contributed by atoms with E-state index in [1.807, 2.05) is 0 Å². The van der Waals surface area contributed by atoms with Crippen molar-refractivity contribution < 1.29 is 32.4 Å². The first kappa shape index (κ1) is 26.5. The molecule has 1 aliphatic rings. The van der Waals surface area contributed by atoms with Crippen LogP contribution in [0.5, 0.6) is 5.75 Å². The van der Waals surface area contributed by atoms with Crippen LogP contribution in [0.2, 0.25) is 0 Å². The van der Waals surface area contributed by atoms with Gasteiger partial charge in [0.2, 0.25) is 5.54 Å². The Morgan fingerprint density at radius 3 is 2.44 bits per heavy atom. The Kier molecular flexibility index (Phi) is 8.30. The highest BCUT2D eigenvalue weighted by atomic mass is 127. The minimum Gasteiger partial charge on any atom is -0.489 e. The zero-order chi connectivity index (χ0) is 25.1. The molecule has 2 aromatic rings. The number of ether oxygens (including phenoxy) is 2. The van der Waals surface area contributed by atoms with Crippen LogP contribution in [0.4, 0.5) is 13.2 Å². The number of nitrogens with zero attached hydrogens (tertiary/aromatic N) is 1. The molecule has 3 rings (SSSR count). The second-order valence-corrected chi connectivity index (χ2v) is 9.86. The van der Waals surface area contributed by atoms with Crippen molar-refractivity contribution in [1.29, 1.82) is 0 Å². The molecule has 2 aromatic carbocycles. The second-order valence-electron chi connectivity index (χ2n) is 8.78. The largest absolute Gasteiger partial charge is 0.489 e. The summed E-state index contributed by atoms with van der Waals surface area (Å²) in [6.07, 6.45) is -3.68. The Hall–Kier alpha value is -2.11. The lowest BCUT2D eigenvalue weighted by atomic mass is 9.86. The van der Waals surface area contributed by atoms with Gasteiger partial charge >= 0.3 is 12.1 Å². The van der Waals surface area contributed by atoms with E-state index in [9.17, 15) is 28.1 Å². The SMILES string of the molecule is CCOC(=O)CCC(C)(c1ccc2c(I)c(O[C@H]3CC[C@@H](C(F)(F)F)CC3)ccc2c1)[N+](=O)[O-]. The maximum Gasteiger partial charge on any atom is 0.391 e. The van der Waals surface area contributed by atoms with E-state index in [1.54, 1.807) is 37.3 Å². The van der Waals surface area contributed by atoms with E-state index in [1.165, 1.54) is 6.92 Å². The number of benzene rings is 2. The number of halogens is 4. The van der Waals surface area contributed by atoms with Gasteiger partial charge in [-0.05, 0) is 78.1 Å². The highest BCUT2D eigenvalue weighted by molar-refractivity contribution is 14.1. The standard InChI is InChI=1S/C24H27F3INO5/c1-3-33-21(30)12-13-23(2,29(31)32)17-7-10-19-15(14-17)4-11-20(22(19)28)34-18-8-5-16(6-9-18)24(25,26)27/h4,7,10-11,14,16,18H,3,5-6,8-9,12-13H2,1-2H3/t16-,18+,23?. The Morgan fingerprint density at radius 2 is 1.85 bits per heavy atom. The van der Waals surface area contributed by atoms with E-state index in [4.69, 9.17) is 9.47 Å². The minimum atomic E-state index is -4.16. The smallest absolute Gasteiger partial charge is 0.391 e. The summed E-state index contributed by atoms with van der Waals surface area (Å²) in [7, 11) is 0. The predicted molar refractivity (Wildman–Crippen MR) is 129 cm³/mol. The van der Waals surface area contributed by atoms with Gasteiger partial charge in [-0.2, -0.15) is 13.2 Å². The third-order valence-corrected chi connectivity index (χ3v) is 7.61. The molecular formula is C24H27F3INO5. The lowest BCUT2D eigenvalue weighted by Gasteiger charge is -2.30. The molecule has 34 heavy (non-hydrogen) atoms. The van der Waals surface area contributed by atoms with E-state index in [0.717, 1.165) is 14.3 Å². The van der Waals surface area contributed by atoms with Gasteiger partial charge in [0, 0.05) is 23.8 Å². The molecule has 0 aliphatic heterocycles. The fourth-order valence-electron chi connectivity index (χ4n) is 4.31. The van der Waals surface area contributed by atoms with E-state index < -0.39 is 23.6 Å². The van der Waals surface area contributed by atoms with Crippen LogP contribution >= 0.6 is 22.6 Å². The first-order valence-electron chi connectivity index (χ1n) is 11.2. The number of rotatable bonds is 8. The Bertz CT molecular complexity index is 1050. The van der Waals surface area contributed by atoms with Gasteiger partial charge in [0.25, 0.3) is 0 Å². The summed E-state index contributed by atoms with van der Waals surface area (Å²) < 4.78 is 50.5. The van der Waals surface area contributed by atoms with Crippen LogP contribution in [0.15, 0.2) is 30.3 Å². The van der Waals surface area contributed by atoms with Crippen molar-refractivity contribution in [2.24, 2.45) is 5.92 Å². The monoisotopic (exact) mass is 593 g/mol. The van der Waals surface area contributed by atoms with Gasteiger partial charge in [0.1, 0.15) is 5.75 Å². The van der Waals surface area contributed by atoms with Gasteiger partial charge < -0.3 is 9.47 Å². The van der Waals surface area contributed by atoms with E-state index in [-0.39, 0.29) is 43.3 Å². The third kappa shape index (κ3) is 5.92. The summed E-state index contributed by atoms with van der Waals surface area (Å²) in [5.74, 6) is -1.14. The van der Waals surface area contributed by atoms with Gasteiger partial charge in [-0.15, -0.1) is 0 Å². The third-order valence-electron chi connectivity index (χ3n) is 6.50. The molecule has 0 amide bonds. The maximum atomic E-state index is 12.9. The average molecular weight is 593 g/mol. The molecule has 0 radical (unpaired) electrons. The summed E-state index contributed by atoms with van der Waals surface area (Å²) in [4.78, 5) is 23.3.